The number of hydrogen-bond donors (Lipinski definition) is 3. The largest absolute Gasteiger partial charge is 0.466 e. The molecule has 6 nitrogen and oxygen atoms in total. The van der Waals surface area contributed by atoms with Crippen molar-refractivity contribution in [3.63, 3.8) is 0 Å². The van der Waals surface area contributed by atoms with Gasteiger partial charge in [0.15, 0.2) is 0 Å². The summed E-state index contributed by atoms with van der Waals surface area (Å²) >= 11 is 0. The monoisotopic (exact) mass is 1030 g/mol. The van der Waals surface area contributed by atoms with Gasteiger partial charge in [-0.3, -0.25) is 9.59 Å². The molecule has 0 aromatic heterocycles. The van der Waals surface area contributed by atoms with Crippen molar-refractivity contribution >= 4 is 11.9 Å². The number of amides is 1. The molecule has 2 atom stereocenters. The van der Waals surface area contributed by atoms with Crippen LogP contribution in [0.5, 0.6) is 0 Å². The summed E-state index contributed by atoms with van der Waals surface area (Å²) in [5, 5.41) is 23.2. The second-order valence-electron chi connectivity index (χ2n) is 22.5. The molecule has 0 radical (unpaired) electrons. The van der Waals surface area contributed by atoms with E-state index in [1.54, 1.807) is 6.08 Å². The lowest BCUT2D eigenvalue weighted by molar-refractivity contribution is -0.143. The second kappa shape index (κ2) is 62.6. The number of ether oxygens (including phenoxy) is 1. The zero-order valence-electron chi connectivity index (χ0n) is 49.1. The first-order valence-electron chi connectivity index (χ1n) is 32.8. The zero-order valence-corrected chi connectivity index (χ0v) is 49.1. The van der Waals surface area contributed by atoms with Crippen molar-refractivity contribution in [3.8, 4) is 0 Å². The van der Waals surface area contributed by atoms with Gasteiger partial charge < -0.3 is 20.3 Å². The third-order valence-corrected chi connectivity index (χ3v) is 15.2. The molecule has 1 amide bonds. The molecular formula is C67H127NO5. The van der Waals surface area contributed by atoms with Crippen LogP contribution in [0.3, 0.4) is 0 Å². The van der Waals surface area contributed by atoms with Crippen LogP contribution < -0.4 is 5.32 Å². The average molecular weight is 1030 g/mol. The molecule has 0 spiro atoms. The number of carbonyl (C=O) groups excluding carboxylic acids is 2. The minimum absolute atomic E-state index is 0.00103. The standard InChI is InChI=1S/C67H127NO5/c1-3-5-7-9-11-13-15-17-19-21-23-24-26-27-31-35-39-43-47-51-55-59-65(70)64(63-69)68-66(71)60-56-52-48-44-40-36-32-29-30-34-38-42-46-50-54-58-62-73-67(72)61-57-53-49-45-41-37-33-28-25-22-20-18-16-14-12-10-8-6-4-2/h12,14,18,20,55,59,64-65,69-70H,3-11,13,15-17,19,21-54,56-58,60-63H2,1-2H3,(H,68,71)/b14-12-,20-18-,59-55+. The van der Waals surface area contributed by atoms with Gasteiger partial charge >= 0.3 is 5.97 Å². The number of hydrogen-bond acceptors (Lipinski definition) is 5. The number of unbranched alkanes of at least 4 members (excludes halogenated alkanes) is 46. The summed E-state index contributed by atoms with van der Waals surface area (Å²) in [5.74, 6) is -0.0729. The minimum Gasteiger partial charge on any atom is -0.466 e. The van der Waals surface area contributed by atoms with Crippen LogP contribution in [0.4, 0.5) is 0 Å². The highest BCUT2D eigenvalue weighted by molar-refractivity contribution is 5.76. The smallest absolute Gasteiger partial charge is 0.305 e. The number of rotatable bonds is 61. The molecule has 0 saturated heterocycles. The van der Waals surface area contributed by atoms with E-state index in [9.17, 15) is 19.8 Å². The van der Waals surface area contributed by atoms with Crippen molar-refractivity contribution in [2.24, 2.45) is 0 Å². The van der Waals surface area contributed by atoms with E-state index < -0.39 is 12.1 Å². The third-order valence-electron chi connectivity index (χ3n) is 15.2. The van der Waals surface area contributed by atoms with Gasteiger partial charge in [0, 0.05) is 12.8 Å². The van der Waals surface area contributed by atoms with Crippen LogP contribution in [-0.2, 0) is 14.3 Å². The topological polar surface area (TPSA) is 95.9 Å². The molecule has 0 saturated carbocycles. The van der Waals surface area contributed by atoms with E-state index in [-0.39, 0.29) is 18.5 Å². The number of aliphatic hydroxyl groups is 2. The van der Waals surface area contributed by atoms with E-state index in [1.807, 2.05) is 6.08 Å². The van der Waals surface area contributed by atoms with E-state index in [1.165, 1.54) is 276 Å². The molecule has 6 heteroatoms. The Morgan fingerprint density at radius 1 is 0.384 bits per heavy atom. The Morgan fingerprint density at radius 2 is 0.685 bits per heavy atom. The van der Waals surface area contributed by atoms with Crippen LogP contribution in [0.25, 0.3) is 0 Å². The van der Waals surface area contributed by atoms with E-state index in [0.29, 0.717) is 19.4 Å². The third kappa shape index (κ3) is 59.2. The van der Waals surface area contributed by atoms with Crippen LogP contribution in [0.2, 0.25) is 0 Å². The molecule has 2 unspecified atom stereocenters. The quantitative estimate of drug-likeness (QED) is 0.0320. The summed E-state index contributed by atoms with van der Waals surface area (Å²) in [6.45, 7) is 4.89. The lowest BCUT2D eigenvalue weighted by Gasteiger charge is -2.20. The van der Waals surface area contributed by atoms with Gasteiger partial charge in [-0.1, -0.05) is 314 Å². The maximum atomic E-state index is 12.5. The van der Waals surface area contributed by atoms with Crippen molar-refractivity contribution in [2.45, 2.75) is 366 Å². The van der Waals surface area contributed by atoms with Crippen LogP contribution in [0.1, 0.15) is 354 Å². The van der Waals surface area contributed by atoms with Crippen molar-refractivity contribution in [3.05, 3.63) is 36.5 Å². The number of nitrogens with one attached hydrogen (secondary N) is 1. The van der Waals surface area contributed by atoms with Crippen LogP contribution >= 0.6 is 0 Å². The summed E-state index contributed by atoms with van der Waals surface area (Å²) in [5.41, 5.74) is 0. The second-order valence-corrected chi connectivity index (χ2v) is 22.5. The Balaban J connectivity index is 3.44. The molecule has 0 aromatic rings. The highest BCUT2D eigenvalue weighted by Gasteiger charge is 2.18. The van der Waals surface area contributed by atoms with Gasteiger partial charge in [-0.15, -0.1) is 0 Å². The summed E-state index contributed by atoms with van der Waals surface area (Å²) in [7, 11) is 0. The lowest BCUT2D eigenvalue weighted by Crippen LogP contribution is -2.45. The minimum atomic E-state index is -0.851. The fraction of sp³-hybridized carbons (Fsp3) is 0.881. The average Bonchev–Trinajstić information content (AvgIpc) is 3.39. The van der Waals surface area contributed by atoms with Crippen LogP contribution in [0, 0.1) is 0 Å². The maximum Gasteiger partial charge on any atom is 0.305 e. The Bertz CT molecular complexity index is 1180. The molecular weight excluding hydrogens is 899 g/mol. The van der Waals surface area contributed by atoms with Gasteiger partial charge in [-0.25, -0.2) is 0 Å². The molecule has 73 heavy (non-hydrogen) atoms. The van der Waals surface area contributed by atoms with Gasteiger partial charge in [0.2, 0.25) is 5.91 Å². The first kappa shape index (κ1) is 71.1. The number of aliphatic hydroxyl groups excluding tert-OH is 2. The van der Waals surface area contributed by atoms with E-state index >= 15 is 0 Å². The molecule has 0 rings (SSSR count). The lowest BCUT2D eigenvalue weighted by atomic mass is 10.0. The Morgan fingerprint density at radius 3 is 1.07 bits per heavy atom. The van der Waals surface area contributed by atoms with Crippen LogP contribution in [0.15, 0.2) is 36.5 Å². The Kier molecular flexibility index (Phi) is 61.0. The summed E-state index contributed by atoms with van der Waals surface area (Å²) in [6.07, 6.45) is 79.0. The Hall–Kier alpha value is -1.92. The highest BCUT2D eigenvalue weighted by atomic mass is 16.5. The molecule has 0 aromatic carbocycles. The fourth-order valence-corrected chi connectivity index (χ4v) is 10.1. The number of allylic oxidation sites excluding steroid dienone is 5. The van der Waals surface area contributed by atoms with Gasteiger partial charge in [0.25, 0.3) is 0 Å². The molecule has 0 heterocycles. The Labute approximate surface area is 455 Å². The van der Waals surface area contributed by atoms with E-state index in [0.717, 1.165) is 51.4 Å². The van der Waals surface area contributed by atoms with Crippen molar-refractivity contribution < 1.29 is 24.5 Å². The van der Waals surface area contributed by atoms with Gasteiger partial charge in [0.05, 0.1) is 25.4 Å². The molecule has 3 N–H and O–H groups in total. The first-order chi connectivity index (χ1) is 36.0. The number of esters is 1. The summed E-state index contributed by atoms with van der Waals surface area (Å²) in [4.78, 5) is 24.6. The number of carbonyl (C=O) groups is 2. The molecule has 430 valence electrons. The van der Waals surface area contributed by atoms with Crippen molar-refractivity contribution in [1.29, 1.82) is 0 Å². The van der Waals surface area contributed by atoms with E-state index in [2.05, 4.69) is 43.5 Å². The molecule has 0 fully saturated rings. The van der Waals surface area contributed by atoms with Crippen molar-refractivity contribution in [2.75, 3.05) is 13.2 Å². The molecule has 0 bridgehead atoms. The van der Waals surface area contributed by atoms with Crippen LogP contribution in [-0.4, -0.2) is 47.4 Å². The van der Waals surface area contributed by atoms with E-state index in [4.69, 9.17) is 4.74 Å². The SMILES string of the molecule is CCCCC/C=C\C/C=C\CCCCCCCCCCCC(=O)OCCCCCCCCCCCCCCCCCCC(=O)NC(CO)C(O)/C=C/CCCCCCCCCCCCCCCCCCCCC. The summed E-state index contributed by atoms with van der Waals surface area (Å²) < 4.78 is 5.50. The molecule has 0 aliphatic rings. The molecule has 0 aliphatic heterocycles. The van der Waals surface area contributed by atoms with Gasteiger partial charge in [0.1, 0.15) is 0 Å². The van der Waals surface area contributed by atoms with Gasteiger partial charge in [-0.05, 0) is 64.2 Å². The first-order valence-corrected chi connectivity index (χ1v) is 32.8. The fourth-order valence-electron chi connectivity index (χ4n) is 10.1. The predicted octanol–water partition coefficient (Wildman–Crippen LogP) is 20.8. The normalized spacial score (nSPS) is 12.8. The zero-order chi connectivity index (χ0) is 52.9. The molecule has 0 aliphatic carbocycles. The maximum absolute atomic E-state index is 12.5. The van der Waals surface area contributed by atoms with Crippen molar-refractivity contribution in [1.82, 2.24) is 5.32 Å². The van der Waals surface area contributed by atoms with Gasteiger partial charge in [-0.2, -0.15) is 0 Å². The highest BCUT2D eigenvalue weighted by Crippen LogP contribution is 2.18. The predicted molar refractivity (Wildman–Crippen MR) is 319 cm³/mol. The summed E-state index contributed by atoms with van der Waals surface area (Å²) in [6, 6.07) is -0.635.